The van der Waals surface area contributed by atoms with Gasteiger partial charge in [-0.1, -0.05) is 0 Å². The molecule has 0 radical (unpaired) electrons. The van der Waals surface area contributed by atoms with Crippen molar-refractivity contribution in [3.8, 4) is 0 Å². The summed E-state index contributed by atoms with van der Waals surface area (Å²) in [6.45, 7) is 3.53. The highest BCUT2D eigenvalue weighted by molar-refractivity contribution is 5.83. The number of nitrogen functional groups attached to an aromatic ring is 1. The second-order valence-electron chi connectivity index (χ2n) is 7.84. The lowest BCUT2D eigenvalue weighted by atomic mass is 9.66. The van der Waals surface area contributed by atoms with Gasteiger partial charge in [-0.3, -0.25) is 4.68 Å². The van der Waals surface area contributed by atoms with Crippen LogP contribution in [0.5, 0.6) is 0 Å². The molecule has 3 fully saturated rings. The van der Waals surface area contributed by atoms with Crippen molar-refractivity contribution in [3.05, 3.63) is 23.9 Å². The summed E-state index contributed by atoms with van der Waals surface area (Å²) in [5.41, 5.74) is 7.76. The molecule has 0 saturated heterocycles. The van der Waals surface area contributed by atoms with Gasteiger partial charge in [0, 0.05) is 22.8 Å². The molecule has 3 aliphatic carbocycles. The number of hydrogen-bond donors (Lipinski definition) is 2. The maximum atomic E-state index is 10.3. The Labute approximate surface area is 131 Å². The van der Waals surface area contributed by atoms with Crippen molar-refractivity contribution in [1.29, 1.82) is 0 Å². The van der Waals surface area contributed by atoms with Crippen LogP contribution in [0.3, 0.4) is 0 Å². The molecule has 4 heteroatoms. The lowest BCUT2D eigenvalue weighted by Crippen LogP contribution is -2.42. The van der Waals surface area contributed by atoms with Crippen LogP contribution in [0.15, 0.2) is 18.3 Å². The smallest absolute Gasteiger partial charge is 0.0928 e. The SMILES string of the molecule is CC(C)(O)c1cc2nn(C34CCC(CC3)CC4)cc2cc1N. The van der Waals surface area contributed by atoms with Gasteiger partial charge in [0.1, 0.15) is 0 Å². The van der Waals surface area contributed by atoms with E-state index in [9.17, 15) is 5.11 Å². The Kier molecular flexibility index (Phi) is 2.86. The molecule has 1 aromatic carbocycles. The van der Waals surface area contributed by atoms with E-state index < -0.39 is 5.60 Å². The summed E-state index contributed by atoms with van der Waals surface area (Å²) >= 11 is 0. The van der Waals surface area contributed by atoms with Crippen LogP contribution in [-0.4, -0.2) is 14.9 Å². The van der Waals surface area contributed by atoms with E-state index in [1.165, 1.54) is 38.5 Å². The van der Waals surface area contributed by atoms with E-state index in [-0.39, 0.29) is 5.54 Å². The van der Waals surface area contributed by atoms with Gasteiger partial charge in [-0.05, 0) is 70.4 Å². The maximum Gasteiger partial charge on any atom is 0.0928 e. The molecule has 5 rings (SSSR count). The second-order valence-corrected chi connectivity index (χ2v) is 7.84. The minimum absolute atomic E-state index is 0.220. The molecule has 2 aromatic rings. The van der Waals surface area contributed by atoms with E-state index in [0.717, 1.165) is 22.4 Å². The minimum atomic E-state index is -0.941. The summed E-state index contributed by atoms with van der Waals surface area (Å²) in [5, 5.41) is 16.2. The van der Waals surface area contributed by atoms with Crippen LogP contribution in [0.2, 0.25) is 0 Å². The first-order valence-corrected chi connectivity index (χ1v) is 8.40. The van der Waals surface area contributed by atoms with Gasteiger partial charge in [-0.25, -0.2) is 0 Å². The van der Waals surface area contributed by atoms with Crippen LogP contribution in [0, 0.1) is 5.92 Å². The molecule has 0 amide bonds. The van der Waals surface area contributed by atoms with Crippen molar-refractivity contribution in [2.75, 3.05) is 5.73 Å². The first kappa shape index (κ1) is 14.1. The van der Waals surface area contributed by atoms with E-state index in [2.05, 4.69) is 10.9 Å². The number of nitrogens with two attached hydrogens (primary N) is 1. The van der Waals surface area contributed by atoms with Crippen LogP contribution in [0.1, 0.15) is 57.9 Å². The fraction of sp³-hybridized carbons (Fsp3) is 0.611. The monoisotopic (exact) mass is 299 g/mol. The van der Waals surface area contributed by atoms with Crippen molar-refractivity contribution >= 4 is 16.6 Å². The standard InChI is InChI=1S/C18H25N3O/c1-17(2,22)14-10-16-13(9-15(14)19)11-21(20-16)18-6-3-12(4-7-18)5-8-18/h9-12,22H,3-8,19H2,1-2H3. The highest BCUT2D eigenvalue weighted by Crippen LogP contribution is 2.48. The van der Waals surface area contributed by atoms with Crippen molar-refractivity contribution < 1.29 is 5.11 Å². The van der Waals surface area contributed by atoms with E-state index in [1.54, 1.807) is 13.8 Å². The normalized spacial score (nSPS) is 28.4. The molecule has 3 N–H and O–H groups in total. The summed E-state index contributed by atoms with van der Waals surface area (Å²) in [5.74, 6) is 0.948. The summed E-state index contributed by atoms with van der Waals surface area (Å²) in [7, 11) is 0. The summed E-state index contributed by atoms with van der Waals surface area (Å²) in [4.78, 5) is 0. The van der Waals surface area contributed by atoms with Gasteiger partial charge in [0.2, 0.25) is 0 Å². The molecule has 0 spiro atoms. The molecule has 0 aliphatic heterocycles. The van der Waals surface area contributed by atoms with E-state index in [1.807, 2.05) is 12.1 Å². The molecule has 3 aliphatic rings. The summed E-state index contributed by atoms with van der Waals surface area (Å²) in [6.07, 6.45) is 9.93. The third kappa shape index (κ3) is 2.04. The Balaban J connectivity index is 1.81. The fourth-order valence-electron chi connectivity index (χ4n) is 4.43. The van der Waals surface area contributed by atoms with Crippen LogP contribution in [0.4, 0.5) is 5.69 Å². The van der Waals surface area contributed by atoms with Crippen LogP contribution in [0.25, 0.3) is 10.9 Å². The number of rotatable bonds is 2. The third-order valence-electron chi connectivity index (χ3n) is 5.87. The van der Waals surface area contributed by atoms with Gasteiger partial charge in [0.15, 0.2) is 0 Å². The Bertz CT molecular complexity index is 704. The van der Waals surface area contributed by atoms with Crippen molar-refractivity contribution in [1.82, 2.24) is 9.78 Å². The van der Waals surface area contributed by atoms with E-state index in [0.29, 0.717) is 5.69 Å². The highest BCUT2D eigenvalue weighted by atomic mass is 16.3. The van der Waals surface area contributed by atoms with Crippen LogP contribution in [-0.2, 0) is 11.1 Å². The average molecular weight is 299 g/mol. The number of fused-ring (bicyclic) bond motifs is 4. The predicted octanol–water partition coefficient (Wildman–Crippen LogP) is 3.53. The van der Waals surface area contributed by atoms with E-state index in [4.69, 9.17) is 10.8 Å². The first-order valence-electron chi connectivity index (χ1n) is 8.40. The summed E-state index contributed by atoms with van der Waals surface area (Å²) < 4.78 is 2.21. The Hall–Kier alpha value is -1.55. The zero-order valence-electron chi connectivity index (χ0n) is 13.5. The number of aromatic nitrogens is 2. The third-order valence-corrected chi connectivity index (χ3v) is 5.87. The molecular formula is C18H25N3O. The van der Waals surface area contributed by atoms with Gasteiger partial charge in [0.25, 0.3) is 0 Å². The molecule has 0 unspecified atom stereocenters. The van der Waals surface area contributed by atoms with Gasteiger partial charge < -0.3 is 10.8 Å². The molecule has 3 saturated carbocycles. The highest BCUT2D eigenvalue weighted by Gasteiger charge is 2.42. The first-order chi connectivity index (χ1) is 10.4. The van der Waals surface area contributed by atoms with Crippen molar-refractivity contribution in [3.63, 3.8) is 0 Å². The molecule has 0 atom stereocenters. The number of hydrogen-bond acceptors (Lipinski definition) is 3. The number of benzene rings is 1. The van der Waals surface area contributed by atoms with E-state index >= 15 is 0 Å². The van der Waals surface area contributed by atoms with Crippen molar-refractivity contribution in [2.24, 2.45) is 5.92 Å². The lowest BCUT2D eigenvalue weighted by Gasteiger charge is -2.46. The Morgan fingerprint density at radius 1 is 1.23 bits per heavy atom. The Morgan fingerprint density at radius 3 is 2.45 bits per heavy atom. The molecule has 1 heterocycles. The average Bonchev–Trinajstić information content (AvgIpc) is 2.91. The number of anilines is 1. The van der Waals surface area contributed by atoms with Crippen molar-refractivity contribution in [2.45, 2.75) is 63.5 Å². The number of aliphatic hydroxyl groups is 1. The molecular weight excluding hydrogens is 274 g/mol. The Morgan fingerprint density at radius 2 is 1.86 bits per heavy atom. The molecule has 22 heavy (non-hydrogen) atoms. The topological polar surface area (TPSA) is 64.1 Å². The molecule has 4 nitrogen and oxygen atoms in total. The van der Waals surface area contributed by atoms with Crippen LogP contribution < -0.4 is 5.73 Å². The van der Waals surface area contributed by atoms with Gasteiger partial charge in [0.05, 0.1) is 16.7 Å². The minimum Gasteiger partial charge on any atom is -0.398 e. The van der Waals surface area contributed by atoms with Gasteiger partial charge in [-0.2, -0.15) is 5.10 Å². The largest absolute Gasteiger partial charge is 0.398 e. The molecule has 2 bridgehead atoms. The molecule has 1 aromatic heterocycles. The predicted molar refractivity (Wildman–Crippen MR) is 88.6 cm³/mol. The van der Waals surface area contributed by atoms with Crippen LogP contribution >= 0.6 is 0 Å². The lowest BCUT2D eigenvalue weighted by molar-refractivity contribution is 0.0636. The van der Waals surface area contributed by atoms with Gasteiger partial charge in [-0.15, -0.1) is 0 Å². The maximum absolute atomic E-state index is 10.3. The second kappa shape index (κ2) is 4.48. The summed E-state index contributed by atoms with van der Waals surface area (Å²) in [6, 6.07) is 3.91. The quantitative estimate of drug-likeness (QED) is 0.834. The molecule has 118 valence electrons. The fourth-order valence-corrected chi connectivity index (χ4v) is 4.43. The zero-order valence-corrected chi connectivity index (χ0v) is 13.5. The zero-order chi connectivity index (χ0) is 15.5. The number of nitrogens with zero attached hydrogens (tertiary/aromatic N) is 2. The van der Waals surface area contributed by atoms with Gasteiger partial charge >= 0.3 is 0 Å².